The largest absolute Gasteiger partial charge is 0.497 e. The van der Waals surface area contributed by atoms with Crippen LogP contribution in [-0.2, 0) is 22.6 Å². The number of hydrogen-bond donors (Lipinski definition) is 0. The Morgan fingerprint density at radius 2 is 1.70 bits per heavy atom. The molecule has 1 saturated heterocycles. The second-order valence-corrected chi connectivity index (χ2v) is 9.86. The third-order valence-corrected chi connectivity index (χ3v) is 7.05. The summed E-state index contributed by atoms with van der Waals surface area (Å²) in [7, 11) is 1.58. The molecular formula is C30H35N3O7. The molecule has 0 saturated carbocycles. The SMILES string of the molecule is COc1ccc(C(=O)N(CCN2CCOCC2)CC(=O)N(Cc2ccc3c(c2)OCO3)Cc2ccc(C)o2)cc1. The molecule has 2 aliphatic rings. The Morgan fingerprint density at radius 1 is 0.925 bits per heavy atom. The molecule has 2 aromatic carbocycles. The van der Waals surface area contributed by atoms with Crippen LogP contribution in [-0.4, -0.2) is 86.4 Å². The molecule has 5 rings (SSSR count). The number of fused-ring (bicyclic) bond motifs is 1. The van der Waals surface area contributed by atoms with Crippen molar-refractivity contribution in [2.75, 3.05) is 59.8 Å². The maximum atomic E-state index is 13.9. The molecule has 2 aliphatic heterocycles. The van der Waals surface area contributed by atoms with E-state index in [4.69, 9.17) is 23.4 Å². The summed E-state index contributed by atoms with van der Waals surface area (Å²) < 4.78 is 27.5. The second-order valence-electron chi connectivity index (χ2n) is 9.86. The molecule has 0 spiro atoms. The van der Waals surface area contributed by atoms with Crippen LogP contribution in [0.5, 0.6) is 17.2 Å². The van der Waals surface area contributed by atoms with Crippen LogP contribution in [0.1, 0.15) is 27.4 Å². The van der Waals surface area contributed by atoms with Gasteiger partial charge in [0.1, 0.15) is 23.8 Å². The van der Waals surface area contributed by atoms with Crippen molar-refractivity contribution in [1.82, 2.24) is 14.7 Å². The van der Waals surface area contributed by atoms with Crippen molar-refractivity contribution in [3.05, 3.63) is 77.2 Å². The maximum Gasteiger partial charge on any atom is 0.254 e. The number of methoxy groups -OCH3 is 1. The van der Waals surface area contributed by atoms with Crippen molar-refractivity contribution in [3.8, 4) is 17.2 Å². The van der Waals surface area contributed by atoms with E-state index in [1.807, 2.05) is 37.3 Å². The van der Waals surface area contributed by atoms with Gasteiger partial charge in [0.25, 0.3) is 5.91 Å². The number of carbonyl (C=O) groups is 2. The number of nitrogens with zero attached hydrogens (tertiary/aromatic N) is 3. The summed E-state index contributed by atoms with van der Waals surface area (Å²) in [6, 6.07) is 16.3. The predicted molar refractivity (Wildman–Crippen MR) is 146 cm³/mol. The zero-order valence-electron chi connectivity index (χ0n) is 23.0. The molecule has 10 heteroatoms. The summed E-state index contributed by atoms with van der Waals surface area (Å²) >= 11 is 0. The zero-order chi connectivity index (χ0) is 27.9. The van der Waals surface area contributed by atoms with Crippen LogP contribution < -0.4 is 14.2 Å². The monoisotopic (exact) mass is 549 g/mol. The number of amides is 2. The summed E-state index contributed by atoms with van der Waals surface area (Å²) in [5.41, 5.74) is 1.39. The van der Waals surface area contributed by atoms with Gasteiger partial charge in [0.2, 0.25) is 12.7 Å². The van der Waals surface area contributed by atoms with Crippen LogP contribution in [0.4, 0.5) is 0 Å². The normalized spacial score (nSPS) is 14.7. The molecule has 2 amide bonds. The van der Waals surface area contributed by atoms with Gasteiger partial charge < -0.3 is 33.2 Å². The first-order chi connectivity index (χ1) is 19.5. The number of carbonyl (C=O) groups excluding carboxylic acids is 2. The highest BCUT2D eigenvalue weighted by molar-refractivity contribution is 5.96. The lowest BCUT2D eigenvalue weighted by Gasteiger charge is -2.31. The lowest BCUT2D eigenvalue weighted by Crippen LogP contribution is -2.47. The van der Waals surface area contributed by atoms with E-state index in [2.05, 4.69) is 4.90 Å². The first-order valence-electron chi connectivity index (χ1n) is 13.4. The van der Waals surface area contributed by atoms with Crippen molar-refractivity contribution in [2.24, 2.45) is 0 Å². The van der Waals surface area contributed by atoms with E-state index in [0.29, 0.717) is 61.4 Å². The quantitative estimate of drug-likeness (QED) is 0.360. The van der Waals surface area contributed by atoms with E-state index < -0.39 is 0 Å². The molecule has 40 heavy (non-hydrogen) atoms. The van der Waals surface area contributed by atoms with Gasteiger partial charge in [-0.25, -0.2) is 0 Å². The number of benzene rings is 2. The van der Waals surface area contributed by atoms with Gasteiger partial charge in [-0.1, -0.05) is 6.07 Å². The van der Waals surface area contributed by atoms with Crippen molar-refractivity contribution in [3.63, 3.8) is 0 Å². The minimum absolute atomic E-state index is 0.0700. The fourth-order valence-corrected chi connectivity index (χ4v) is 4.77. The minimum atomic E-state index is -0.207. The molecule has 0 unspecified atom stereocenters. The summed E-state index contributed by atoms with van der Waals surface area (Å²) in [6.45, 7) is 6.56. The predicted octanol–water partition coefficient (Wildman–Crippen LogP) is 3.33. The van der Waals surface area contributed by atoms with Crippen molar-refractivity contribution in [1.29, 1.82) is 0 Å². The van der Waals surface area contributed by atoms with Gasteiger partial charge in [0.05, 0.1) is 26.9 Å². The zero-order valence-corrected chi connectivity index (χ0v) is 23.0. The molecule has 0 aliphatic carbocycles. The van der Waals surface area contributed by atoms with Gasteiger partial charge in [-0.15, -0.1) is 0 Å². The van der Waals surface area contributed by atoms with Crippen LogP contribution in [0.2, 0.25) is 0 Å². The Bertz CT molecular complexity index is 1300. The average Bonchev–Trinajstić information content (AvgIpc) is 3.63. The molecule has 0 N–H and O–H groups in total. The first-order valence-corrected chi connectivity index (χ1v) is 13.4. The summed E-state index contributed by atoms with van der Waals surface area (Å²) in [5.74, 6) is 3.05. The van der Waals surface area contributed by atoms with Crippen LogP contribution in [0.3, 0.4) is 0 Å². The van der Waals surface area contributed by atoms with Crippen LogP contribution in [0, 0.1) is 6.92 Å². The van der Waals surface area contributed by atoms with Crippen LogP contribution >= 0.6 is 0 Å². The maximum absolute atomic E-state index is 13.9. The van der Waals surface area contributed by atoms with Crippen molar-refractivity contribution in [2.45, 2.75) is 20.0 Å². The summed E-state index contributed by atoms with van der Waals surface area (Å²) in [4.78, 5) is 33.1. The lowest BCUT2D eigenvalue weighted by molar-refractivity contribution is -0.133. The Labute approximate surface area is 233 Å². The van der Waals surface area contributed by atoms with E-state index in [0.717, 1.165) is 24.4 Å². The average molecular weight is 550 g/mol. The minimum Gasteiger partial charge on any atom is -0.497 e. The number of aryl methyl sites for hydroxylation is 1. The molecule has 1 fully saturated rings. The molecule has 212 valence electrons. The fraction of sp³-hybridized carbons (Fsp3) is 0.400. The Kier molecular flexibility index (Phi) is 8.87. The third kappa shape index (κ3) is 6.94. The fourth-order valence-electron chi connectivity index (χ4n) is 4.77. The van der Waals surface area contributed by atoms with E-state index in [1.54, 1.807) is 41.2 Å². The third-order valence-electron chi connectivity index (χ3n) is 7.05. The molecule has 3 aromatic rings. The molecule has 10 nitrogen and oxygen atoms in total. The number of ether oxygens (including phenoxy) is 4. The standard InChI is InChI=1S/C30H35N3O7/c1-22-3-7-26(40-22)19-33(18-23-4-10-27-28(17-23)39-21-38-27)29(34)20-32(12-11-31-13-15-37-16-14-31)30(35)24-5-8-25(36-2)9-6-24/h3-10,17H,11-16,18-21H2,1-2H3. The number of morpholine rings is 1. The summed E-state index contributed by atoms with van der Waals surface area (Å²) in [5, 5.41) is 0. The summed E-state index contributed by atoms with van der Waals surface area (Å²) in [6.07, 6.45) is 0. The highest BCUT2D eigenvalue weighted by Gasteiger charge is 2.25. The topological polar surface area (TPSA) is 93.9 Å². The Balaban J connectivity index is 1.35. The van der Waals surface area contributed by atoms with Crippen molar-refractivity contribution < 1.29 is 33.0 Å². The highest BCUT2D eigenvalue weighted by atomic mass is 16.7. The highest BCUT2D eigenvalue weighted by Crippen LogP contribution is 2.33. The van der Waals surface area contributed by atoms with Gasteiger partial charge in [0.15, 0.2) is 11.5 Å². The van der Waals surface area contributed by atoms with Gasteiger partial charge in [-0.05, 0) is 61.0 Å². The molecule has 3 heterocycles. The lowest BCUT2D eigenvalue weighted by atomic mass is 10.1. The molecular weight excluding hydrogens is 514 g/mol. The molecule has 0 bridgehead atoms. The first kappa shape index (κ1) is 27.5. The Hall–Kier alpha value is -4.02. The van der Waals surface area contributed by atoms with E-state index in [9.17, 15) is 9.59 Å². The van der Waals surface area contributed by atoms with Crippen LogP contribution in [0.15, 0.2) is 59.0 Å². The van der Waals surface area contributed by atoms with E-state index in [-0.39, 0.29) is 31.7 Å². The van der Waals surface area contributed by atoms with Gasteiger partial charge in [-0.2, -0.15) is 0 Å². The second kappa shape index (κ2) is 12.9. The van der Waals surface area contributed by atoms with Crippen LogP contribution in [0.25, 0.3) is 0 Å². The Morgan fingerprint density at radius 3 is 2.42 bits per heavy atom. The van der Waals surface area contributed by atoms with Gasteiger partial charge in [-0.3, -0.25) is 14.5 Å². The van der Waals surface area contributed by atoms with Gasteiger partial charge in [0, 0.05) is 38.3 Å². The van der Waals surface area contributed by atoms with E-state index in [1.165, 1.54) is 0 Å². The van der Waals surface area contributed by atoms with E-state index >= 15 is 0 Å². The van der Waals surface area contributed by atoms with Crippen molar-refractivity contribution >= 4 is 11.8 Å². The molecule has 1 aromatic heterocycles. The van der Waals surface area contributed by atoms with Gasteiger partial charge >= 0.3 is 0 Å². The number of rotatable bonds is 11. The number of hydrogen-bond acceptors (Lipinski definition) is 8. The molecule has 0 atom stereocenters. The number of furan rings is 1. The molecule has 0 radical (unpaired) electrons. The smallest absolute Gasteiger partial charge is 0.254 e.